The first-order chi connectivity index (χ1) is 10.2. The molecular weight excluding hydrogens is 266 g/mol. The zero-order valence-corrected chi connectivity index (χ0v) is 11.9. The Labute approximate surface area is 123 Å². The molecule has 0 aliphatic carbocycles. The lowest BCUT2D eigenvalue weighted by molar-refractivity contribution is -0.121. The van der Waals surface area contributed by atoms with Gasteiger partial charge < -0.3 is 5.32 Å². The van der Waals surface area contributed by atoms with Gasteiger partial charge in [-0.1, -0.05) is 31.0 Å². The van der Waals surface area contributed by atoms with E-state index in [9.17, 15) is 9.59 Å². The molecule has 0 aliphatic heterocycles. The number of carbonyl (C=O) groups excluding carboxylic acids is 1. The van der Waals surface area contributed by atoms with Crippen molar-refractivity contribution in [2.75, 3.05) is 0 Å². The molecule has 0 bridgehead atoms. The van der Waals surface area contributed by atoms with Crippen molar-refractivity contribution in [2.24, 2.45) is 0 Å². The lowest BCUT2D eigenvalue weighted by Gasteiger charge is -2.10. The maximum absolute atomic E-state index is 12.2. The number of amides is 1. The van der Waals surface area contributed by atoms with Crippen LogP contribution in [0.25, 0.3) is 10.8 Å². The molecule has 0 radical (unpaired) electrons. The number of fused-ring (bicyclic) bond motifs is 1. The first-order valence-electron chi connectivity index (χ1n) is 6.86. The van der Waals surface area contributed by atoms with Gasteiger partial charge in [-0.3, -0.25) is 9.59 Å². The molecule has 21 heavy (non-hydrogen) atoms. The van der Waals surface area contributed by atoms with Crippen molar-refractivity contribution in [2.45, 2.75) is 32.9 Å². The summed E-state index contributed by atoms with van der Waals surface area (Å²) >= 11 is 0. The Morgan fingerprint density at radius 3 is 2.76 bits per heavy atom. The summed E-state index contributed by atoms with van der Waals surface area (Å²) in [5, 5.41) is 8.38. The largest absolute Gasteiger partial charge is 0.350 e. The molecule has 0 aliphatic rings. The smallest absolute Gasteiger partial charge is 0.275 e. The summed E-state index contributed by atoms with van der Waals surface area (Å²) in [4.78, 5) is 23.8. The molecule has 0 fully saturated rings. The third-order valence-corrected chi connectivity index (χ3v) is 3.12. The SMILES string of the molecule is C#CCn1nc(CNC(=O)CCC)c2ccccc2c1=O. The second-order valence-electron chi connectivity index (χ2n) is 4.69. The Balaban J connectivity index is 2.42. The van der Waals surface area contributed by atoms with Crippen molar-refractivity contribution in [1.82, 2.24) is 15.1 Å². The summed E-state index contributed by atoms with van der Waals surface area (Å²) in [6.45, 7) is 2.34. The molecule has 5 heteroatoms. The summed E-state index contributed by atoms with van der Waals surface area (Å²) < 4.78 is 1.25. The Morgan fingerprint density at radius 1 is 1.38 bits per heavy atom. The summed E-state index contributed by atoms with van der Waals surface area (Å²) in [6.07, 6.45) is 6.53. The average molecular weight is 283 g/mol. The van der Waals surface area contributed by atoms with Crippen molar-refractivity contribution in [3.8, 4) is 12.3 Å². The number of aromatic nitrogens is 2. The molecule has 1 amide bonds. The van der Waals surface area contributed by atoms with Crippen molar-refractivity contribution < 1.29 is 4.79 Å². The van der Waals surface area contributed by atoms with Gasteiger partial charge in [-0.05, 0) is 12.5 Å². The van der Waals surface area contributed by atoms with Gasteiger partial charge in [0.2, 0.25) is 5.91 Å². The zero-order valence-electron chi connectivity index (χ0n) is 11.9. The van der Waals surface area contributed by atoms with Crippen LogP contribution in [0.3, 0.4) is 0 Å². The van der Waals surface area contributed by atoms with Gasteiger partial charge in [-0.15, -0.1) is 6.42 Å². The van der Waals surface area contributed by atoms with Gasteiger partial charge in [-0.25, -0.2) is 4.68 Å². The van der Waals surface area contributed by atoms with Crippen LogP contribution in [0.2, 0.25) is 0 Å². The third-order valence-electron chi connectivity index (χ3n) is 3.12. The van der Waals surface area contributed by atoms with Crippen LogP contribution in [0.1, 0.15) is 25.5 Å². The maximum atomic E-state index is 12.2. The van der Waals surface area contributed by atoms with Crippen LogP contribution in [-0.4, -0.2) is 15.7 Å². The molecule has 108 valence electrons. The molecule has 0 spiro atoms. The van der Waals surface area contributed by atoms with Crippen LogP contribution in [0.5, 0.6) is 0 Å². The first-order valence-corrected chi connectivity index (χ1v) is 6.86. The van der Waals surface area contributed by atoms with E-state index in [0.29, 0.717) is 17.5 Å². The Kier molecular flexibility index (Phi) is 4.72. The monoisotopic (exact) mass is 283 g/mol. The van der Waals surface area contributed by atoms with Crippen molar-refractivity contribution in [3.05, 3.63) is 40.3 Å². The van der Waals surface area contributed by atoms with Crippen LogP contribution in [-0.2, 0) is 17.9 Å². The number of carbonyl (C=O) groups is 1. The molecule has 1 heterocycles. The highest BCUT2D eigenvalue weighted by molar-refractivity contribution is 5.84. The van der Waals surface area contributed by atoms with E-state index in [1.807, 2.05) is 19.1 Å². The molecule has 1 aromatic heterocycles. The van der Waals surface area contributed by atoms with E-state index in [1.165, 1.54) is 4.68 Å². The van der Waals surface area contributed by atoms with Crippen LogP contribution < -0.4 is 10.9 Å². The van der Waals surface area contributed by atoms with E-state index in [-0.39, 0.29) is 24.6 Å². The highest BCUT2D eigenvalue weighted by Crippen LogP contribution is 2.13. The fourth-order valence-electron chi connectivity index (χ4n) is 2.13. The van der Waals surface area contributed by atoms with E-state index < -0.39 is 0 Å². The van der Waals surface area contributed by atoms with E-state index in [4.69, 9.17) is 6.42 Å². The minimum atomic E-state index is -0.216. The van der Waals surface area contributed by atoms with E-state index >= 15 is 0 Å². The van der Waals surface area contributed by atoms with E-state index in [1.54, 1.807) is 12.1 Å². The van der Waals surface area contributed by atoms with Gasteiger partial charge in [0.1, 0.15) is 6.54 Å². The average Bonchev–Trinajstić information content (AvgIpc) is 2.49. The molecule has 0 saturated heterocycles. The summed E-state index contributed by atoms with van der Waals surface area (Å²) in [5.41, 5.74) is 0.428. The minimum Gasteiger partial charge on any atom is -0.350 e. The first kappa shape index (κ1) is 14.8. The number of benzene rings is 1. The van der Waals surface area contributed by atoms with Gasteiger partial charge in [0.15, 0.2) is 0 Å². The minimum absolute atomic E-state index is 0.0296. The van der Waals surface area contributed by atoms with Crippen LogP contribution in [0.15, 0.2) is 29.1 Å². The Morgan fingerprint density at radius 2 is 2.10 bits per heavy atom. The fraction of sp³-hybridized carbons (Fsp3) is 0.312. The summed E-state index contributed by atoms with van der Waals surface area (Å²) in [5.74, 6) is 2.39. The predicted molar refractivity (Wildman–Crippen MR) is 81.6 cm³/mol. The number of hydrogen-bond acceptors (Lipinski definition) is 3. The lowest BCUT2D eigenvalue weighted by Crippen LogP contribution is -2.28. The second kappa shape index (κ2) is 6.71. The van der Waals surface area contributed by atoms with Crippen LogP contribution in [0.4, 0.5) is 0 Å². The highest BCUT2D eigenvalue weighted by atomic mass is 16.1. The standard InChI is InChI=1S/C16H17N3O2/c1-3-7-15(20)17-11-14-12-8-5-6-9-13(12)16(21)19(18-14)10-4-2/h2,5-6,8-9H,3,7,10-11H2,1H3,(H,17,20). The van der Waals surface area contributed by atoms with Gasteiger partial charge in [-0.2, -0.15) is 5.10 Å². The van der Waals surface area contributed by atoms with E-state index in [2.05, 4.69) is 16.3 Å². The molecular formula is C16H17N3O2. The number of hydrogen-bond donors (Lipinski definition) is 1. The van der Waals surface area contributed by atoms with Gasteiger partial charge in [0.25, 0.3) is 5.56 Å². The maximum Gasteiger partial charge on any atom is 0.275 e. The second-order valence-corrected chi connectivity index (χ2v) is 4.69. The number of nitrogens with one attached hydrogen (secondary N) is 1. The molecule has 0 unspecified atom stereocenters. The van der Waals surface area contributed by atoms with Gasteiger partial charge in [0.05, 0.1) is 17.6 Å². The molecule has 1 N–H and O–H groups in total. The molecule has 0 saturated carbocycles. The zero-order chi connectivity index (χ0) is 15.2. The quantitative estimate of drug-likeness (QED) is 0.845. The van der Waals surface area contributed by atoms with Crippen molar-refractivity contribution >= 4 is 16.7 Å². The topological polar surface area (TPSA) is 64.0 Å². The normalized spacial score (nSPS) is 10.3. The summed E-state index contributed by atoms with van der Waals surface area (Å²) in [7, 11) is 0. The Hall–Kier alpha value is -2.61. The molecule has 2 rings (SSSR count). The van der Waals surface area contributed by atoms with E-state index in [0.717, 1.165) is 11.8 Å². The molecule has 1 aromatic carbocycles. The van der Waals surface area contributed by atoms with Crippen molar-refractivity contribution in [3.63, 3.8) is 0 Å². The molecule has 2 aromatic rings. The Bertz CT molecular complexity index is 756. The fourth-order valence-corrected chi connectivity index (χ4v) is 2.13. The van der Waals surface area contributed by atoms with Crippen LogP contribution >= 0.6 is 0 Å². The number of rotatable bonds is 5. The van der Waals surface area contributed by atoms with Gasteiger partial charge >= 0.3 is 0 Å². The number of terminal acetylenes is 1. The molecule has 5 nitrogen and oxygen atoms in total. The highest BCUT2D eigenvalue weighted by Gasteiger charge is 2.10. The molecule has 0 atom stereocenters. The van der Waals surface area contributed by atoms with Gasteiger partial charge in [0, 0.05) is 11.8 Å². The number of nitrogens with zero attached hydrogens (tertiary/aromatic N) is 2. The summed E-state index contributed by atoms with van der Waals surface area (Å²) in [6, 6.07) is 7.20. The lowest BCUT2D eigenvalue weighted by atomic mass is 10.1. The third kappa shape index (κ3) is 3.29. The predicted octanol–water partition coefficient (Wildman–Crippen LogP) is 1.45. The van der Waals surface area contributed by atoms with Crippen molar-refractivity contribution in [1.29, 1.82) is 0 Å². The van der Waals surface area contributed by atoms with Crippen LogP contribution in [0, 0.1) is 12.3 Å².